The Hall–Kier alpha value is -2.65. The second-order valence-corrected chi connectivity index (χ2v) is 5.04. The van der Waals surface area contributed by atoms with E-state index in [-0.39, 0.29) is 0 Å². The lowest BCUT2D eigenvalue weighted by Gasteiger charge is -2.14. The minimum atomic E-state index is -0.450. The minimum absolute atomic E-state index is 0.415. The van der Waals surface area contributed by atoms with Gasteiger partial charge in [-0.15, -0.1) is 0 Å². The summed E-state index contributed by atoms with van der Waals surface area (Å²) < 4.78 is 5.20. The van der Waals surface area contributed by atoms with Crippen molar-refractivity contribution in [3.8, 4) is 5.75 Å². The molecule has 21 heavy (non-hydrogen) atoms. The van der Waals surface area contributed by atoms with Gasteiger partial charge < -0.3 is 9.84 Å². The molecule has 0 saturated carbocycles. The molecule has 3 nitrogen and oxygen atoms in total. The molecule has 0 spiro atoms. The van der Waals surface area contributed by atoms with Gasteiger partial charge in [-0.2, -0.15) is 0 Å². The first-order valence-corrected chi connectivity index (χ1v) is 6.73. The number of ether oxygens (including phenoxy) is 1. The summed E-state index contributed by atoms with van der Waals surface area (Å²) in [5.74, 6) is 0.415. The van der Waals surface area contributed by atoms with Crippen molar-refractivity contribution in [2.45, 2.75) is 0 Å². The lowest BCUT2D eigenvalue weighted by Crippen LogP contribution is -1.99. The number of aldehydes is 1. The summed E-state index contributed by atoms with van der Waals surface area (Å²) in [7, 11) is 0. The highest BCUT2D eigenvalue weighted by Gasteiger charge is 2.14. The van der Waals surface area contributed by atoms with E-state index in [2.05, 4.69) is 18.2 Å². The highest BCUT2D eigenvalue weighted by Crippen LogP contribution is 2.38. The topological polar surface area (TPSA) is 46.5 Å². The molecule has 3 heteroatoms. The number of carbonyl (C=O) groups is 1. The monoisotopic (exact) mass is 276 g/mol. The Labute approximate surface area is 120 Å². The number of hydrogen-bond donors (Lipinski definition) is 1. The van der Waals surface area contributed by atoms with Crippen LogP contribution in [0.1, 0.15) is 10.4 Å². The molecule has 1 N–H and O–H groups in total. The predicted molar refractivity (Wildman–Crippen MR) is 83.2 cm³/mol. The van der Waals surface area contributed by atoms with Crippen LogP contribution >= 0.6 is 0 Å². The van der Waals surface area contributed by atoms with Gasteiger partial charge in [-0.3, -0.25) is 4.79 Å². The molecule has 0 radical (unpaired) electrons. The Balaban J connectivity index is 2.27. The van der Waals surface area contributed by atoms with Crippen LogP contribution in [0.15, 0.2) is 48.5 Å². The van der Waals surface area contributed by atoms with Crippen molar-refractivity contribution in [3.05, 3.63) is 54.1 Å². The zero-order valence-electron chi connectivity index (χ0n) is 11.2. The van der Waals surface area contributed by atoms with E-state index in [1.54, 1.807) is 0 Å². The number of carbonyl (C=O) groups excluding carboxylic acids is 1. The summed E-state index contributed by atoms with van der Waals surface area (Å²) in [6.45, 7) is -0.450. The fraction of sp³-hybridized carbons (Fsp3) is 0.0556. The molecule has 0 atom stereocenters. The van der Waals surface area contributed by atoms with Crippen LogP contribution in [0.2, 0.25) is 0 Å². The quantitative estimate of drug-likeness (QED) is 0.352. The van der Waals surface area contributed by atoms with Crippen LogP contribution in [0, 0.1) is 0 Å². The van der Waals surface area contributed by atoms with Crippen molar-refractivity contribution in [2.24, 2.45) is 0 Å². The molecular weight excluding hydrogens is 264 g/mol. The summed E-state index contributed by atoms with van der Waals surface area (Å²) in [4.78, 5) is 11.5. The Bertz CT molecular complexity index is 957. The van der Waals surface area contributed by atoms with Gasteiger partial charge in [0.15, 0.2) is 13.1 Å². The van der Waals surface area contributed by atoms with Crippen molar-refractivity contribution >= 4 is 38.6 Å². The molecule has 4 aromatic rings. The van der Waals surface area contributed by atoms with E-state index >= 15 is 0 Å². The first-order chi connectivity index (χ1) is 10.3. The van der Waals surface area contributed by atoms with Gasteiger partial charge in [-0.1, -0.05) is 42.5 Å². The average molecular weight is 276 g/mol. The molecular formula is C18H12O3. The van der Waals surface area contributed by atoms with E-state index in [9.17, 15) is 4.79 Å². The molecule has 0 aliphatic carbocycles. The second kappa shape index (κ2) is 4.43. The van der Waals surface area contributed by atoms with Crippen LogP contribution in [-0.4, -0.2) is 18.2 Å². The number of aliphatic hydroxyl groups is 1. The van der Waals surface area contributed by atoms with Crippen LogP contribution in [-0.2, 0) is 0 Å². The Morgan fingerprint density at radius 1 is 0.952 bits per heavy atom. The van der Waals surface area contributed by atoms with E-state index in [1.807, 2.05) is 30.3 Å². The number of rotatable bonds is 3. The summed E-state index contributed by atoms with van der Waals surface area (Å²) >= 11 is 0. The van der Waals surface area contributed by atoms with Crippen LogP contribution in [0.4, 0.5) is 0 Å². The SMILES string of the molecule is O=Cc1c(OCO)cc2ccc3cccc4ccc1c2c34. The van der Waals surface area contributed by atoms with Crippen molar-refractivity contribution in [1.82, 2.24) is 0 Å². The third kappa shape index (κ3) is 1.61. The van der Waals surface area contributed by atoms with Crippen LogP contribution in [0.5, 0.6) is 5.75 Å². The summed E-state index contributed by atoms with van der Waals surface area (Å²) in [5.41, 5.74) is 0.481. The van der Waals surface area contributed by atoms with Gasteiger partial charge >= 0.3 is 0 Å². The molecule has 4 rings (SSSR count). The number of benzene rings is 4. The fourth-order valence-corrected chi connectivity index (χ4v) is 3.12. The summed E-state index contributed by atoms with van der Waals surface area (Å²) in [6.07, 6.45) is 0.789. The van der Waals surface area contributed by atoms with Crippen molar-refractivity contribution < 1.29 is 14.6 Å². The predicted octanol–water partition coefficient (Wildman–Crippen LogP) is 3.73. The molecule has 0 saturated heterocycles. The number of aliphatic hydroxyl groups excluding tert-OH is 1. The lowest BCUT2D eigenvalue weighted by molar-refractivity contribution is 0.0962. The molecule has 0 amide bonds. The van der Waals surface area contributed by atoms with E-state index in [0.29, 0.717) is 11.3 Å². The molecule has 0 aliphatic heterocycles. The minimum Gasteiger partial charge on any atom is -0.467 e. The Morgan fingerprint density at radius 2 is 1.67 bits per heavy atom. The average Bonchev–Trinajstić information content (AvgIpc) is 2.52. The van der Waals surface area contributed by atoms with Gasteiger partial charge in [0.05, 0.1) is 5.56 Å². The van der Waals surface area contributed by atoms with E-state index in [4.69, 9.17) is 9.84 Å². The maximum Gasteiger partial charge on any atom is 0.186 e. The molecule has 0 fully saturated rings. The van der Waals surface area contributed by atoms with Crippen LogP contribution in [0.25, 0.3) is 32.3 Å². The third-order valence-corrected chi connectivity index (χ3v) is 3.99. The van der Waals surface area contributed by atoms with Gasteiger partial charge in [0, 0.05) is 0 Å². The second-order valence-electron chi connectivity index (χ2n) is 5.04. The zero-order valence-corrected chi connectivity index (χ0v) is 11.2. The maximum atomic E-state index is 11.5. The first kappa shape index (κ1) is 12.1. The normalized spacial score (nSPS) is 11.5. The Morgan fingerprint density at radius 3 is 2.38 bits per heavy atom. The van der Waals surface area contributed by atoms with Crippen molar-refractivity contribution in [1.29, 1.82) is 0 Å². The molecule has 0 bridgehead atoms. The third-order valence-electron chi connectivity index (χ3n) is 3.99. The molecule has 4 aromatic carbocycles. The van der Waals surface area contributed by atoms with E-state index < -0.39 is 6.79 Å². The van der Waals surface area contributed by atoms with E-state index in [1.165, 1.54) is 0 Å². The summed E-state index contributed by atoms with van der Waals surface area (Å²) in [5, 5.41) is 15.4. The van der Waals surface area contributed by atoms with E-state index in [0.717, 1.165) is 38.6 Å². The van der Waals surface area contributed by atoms with Gasteiger partial charge in [0.2, 0.25) is 0 Å². The standard InChI is InChI=1S/C18H12O3/c19-9-15-14-7-6-12-3-1-2-11-4-5-13(18(14)17(11)12)8-16(15)21-10-20/h1-9,20H,10H2. The van der Waals surface area contributed by atoms with Gasteiger partial charge in [-0.05, 0) is 38.4 Å². The van der Waals surface area contributed by atoms with Gasteiger partial charge in [-0.25, -0.2) is 0 Å². The molecule has 0 aliphatic rings. The molecule has 102 valence electrons. The largest absolute Gasteiger partial charge is 0.467 e. The molecule has 0 heterocycles. The fourth-order valence-electron chi connectivity index (χ4n) is 3.12. The van der Waals surface area contributed by atoms with Gasteiger partial charge in [0.25, 0.3) is 0 Å². The summed E-state index contributed by atoms with van der Waals surface area (Å²) in [6, 6.07) is 16.0. The molecule has 0 aromatic heterocycles. The van der Waals surface area contributed by atoms with Crippen LogP contribution < -0.4 is 4.74 Å². The highest BCUT2D eigenvalue weighted by atomic mass is 16.6. The van der Waals surface area contributed by atoms with Crippen molar-refractivity contribution in [3.63, 3.8) is 0 Å². The van der Waals surface area contributed by atoms with Crippen molar-refractivity contribution in [2.75, 3.05) is 6.79 Å². The smallest absolute Gasteiger partial charge is 0.186 e. The zero-order chi connectivity index (χ0) is 14.4. The molecule has 0 unspecified atom stereocenters. The Kier molecular flexibility index (Phi) is 2.56. The maximum absolute atomic E-state index is 11.5. The van der Waals surface area contributed by atoms with Gasteiger partial charge in [0.1, 0.15) is 5.75 Å². The number of hydrogen-bond acceptors (Lipinski definition) is 3. The highest BCUT2D eigenvalue weighted by molar-refractivity contribution is 6.25. The lowest BCUT2D eigenvalue weighted by atomic mass is 9.92. The van der Waals surface area contributed by atoms with Crippen LogP contribution in [0.3, 0.4) is 0 Å². The first-order valence-electron chi connectivity index (χ1n) is 6.73.